The number of hydrogen-bond donors (Lipinski definition) is 3. The van der Waals surface area contributed by atoms with E-state index in [0.717, 1.165) is 43.2 Å². The van der Waals surface area contributed by atoms with Crippen LogP contribution in [0.25, 0.3) is 0 Å². The zero-order valence-corrected chi connectivity index (χ0v) is 19.3. The van der Waals surface area contributed by atoms with Gasteiger partial charge in [0.05, 0.1) is 23.3 Å². The molecule has 3 N–H and O–H groups in total. The van der Waals surface area contributed by atoms with Crippen LogP contribution in [0.2, 0.25) is 0 Å². The van der Waals surface area contributed by atoms with Crippen LogP contribution in [-0.4, -0.2) is 57.9 Å². The van der Waals surface area contributed by atoms with Crippen LogP contribution < -0.4 is 10.1 Å². The Morgan fingerprint density at radius 3 is 2.88 bits per heavy atom. The zero-order chi connectivity index (χ0) is 23.1. The molecule has 2 aliphatic heterocycles. The summed E-state index contributed by atoms with van der Waals surface area (Å²) in [6.45, 7) is 1.97. The van der Waals surface area contributed by atoms with E-state index in [1.54, 1.807) is 12.3 Å². The van der Waals surface area contributed by atoms with Gasteiger partial charge in [0.1, 0.15) is 11.9 Å². The van der Waals surface area contributed by atoms with Crippen LogP contribution in [0.1, 0.15) is 55.4 Å². The minimum Gasteiger partial charge on any atom is -0.504 e. The molecule has 2 aromatic rings. The Balaban J connectivity index is 1.22. The van der Waals surface area contributed by atoms with E-state index in [0.29, 0.717) is 31.4 Å². The molecule has 1 amide bonds. The van der Waals surface area contributed by atoms with Crippen LogP contribution in [0.3, 0.4) is 0 Å². The van der Waals surface area contributed by atoms with Crippen LogP contribution in [0.5, 0.6) is 11.5 Å². The Bertz CT molecular complexity index is 1130. The predicted octanol–water partition coefficient (Wildman–Crippen LogP) is 2.67. The SMILES string of the molecule is O=C(CCc1ccco1)N[C@H]1CC[C@@]2(O)[C@H]3Cc4ccc(O)c5c4[C@@]2(CCN3CC2CC2)[C@H]1O5. The number of phenols is 1. The Morgan fingerprint density at radius 1 is 1.21 bits per heavy atom. The van der Waals surface area contributed by atoms with Crippen molar-refractivity contribution in [1.82, 2.24) is 10.2 Å². The number of piperidine rings is 1. The minimum absolute atomic E-state index is 0.0363. The average molecular weight is 465 g/mol. The fourth-order valence-electron chi connectivity index (χ4n) is 7.60. The molecule has 0 radical (unpaired) electrons. The van der Waals surface area contributed by atoms with Gasteiger partial charge in [0, 0.05) is 31.0 Å². The molecule has 2 bridgehead atoms. The first-order valence-electron chi connectivity index (χ1n) is 12.8. The number of rotatable bonds is 6. The van der Waals surface area contributed by atoms with Crippen molar-refractivity contribution in [2.45, 2.75) is 80.6 Å². The van der Waals surface area contributed by atoms with Crippen LogP contribution in [-0.2, 0) is 23.1 Å². The lowest BCUT2D eigenvalue weighted by Gasteiger charge is -2.64. The van der Waals surface area contributed by atoms with E-state index in [4.69, 9.17) is 9.15 Å². The number of aromatic hydroxyl groups is 1. The molecule has 1 aromatic heterocycles. The van der Waals surface area contributed by atoms with Gasteiger partial charge in [-0.1, -0.05) is 6.07 Å². The molecular weight excluding hydrogens is 432 g/mol. The van der Waals surface area contributed by atoms with Crippen molar-refractivity contribution in [3.8, 4) is 11.5 Å². The highest BCUT2D eigenvalue weighted by atomic mass is 16.5. The van der Waals surface area contributed by atoms with Crippen molar-refractivity contribution in [1.29, 1.82) is 0 Å². The number of amides is 1. The number of carbonyl (C=O) groups excluding carboxylic acids is 1. The van der Waals surface area contributed by atoms with Gasteiger partial charge < -0.3 is 24.7 Å². The van der Waals surface area contributed by atoms with Gasteiger partial charge in [0.15, 0.2) is 11.5 Å². The first-order chi connectivity index (χ1) is 16.5. The molecule has 3 heterocycles. The Morgan fingerprint density at radius 2 is 2.09 bits per heavy atom. The minimum atomic E-state index is -0.924. The third kappa shape index (κ3) is 2.80. The second kappa shape index (κ2) is 7.25. The van der Waals surface area contributed by atoms with Gasteiger partial charge in [-0.2, -0.15) is 0 Å². The molecule has 5 aliphatic rings. The molecule has 7 rings (SSSR count). The highest BCUT2D eigenvalue weighted by Gasteiger charge is 2.73. The number of furan rings is 1. The van der Waals surface area contributed by atoms with Gasteiger partial charge in [-0.25, -0.2) is 0 Å². The molecule has 180 valence electrons. The second-order valence-electron chi connectivity index (χ2n) is 11.1. The number of aryl methyl sites for hydroxylation is 1. The van der Waals surface area contributed by atoms with Gasteiger partial charge in [-0.05, 0) is 74.8 Å². The standard InChI is InChI=1S/C27H32N2O5/c30-20-7-5-17-14-21-27(32)10-9-19(28-22(31)8-6-18-2-1-13-33-18)25-26(27,23(17)24(20)34-25)11-12-29(21)15-16-3-4-16/h1-2,5,7,13,16,19,21,25,30,32H,3-4,6,8-12,14-15H2,(H,28,31)/t19-,21+,25-,26-,27+/m0/s1. The summed E-state index contributed by atoms with van der Waals surface area (Å²) in [7, 11) is 0. The zero-order valence-electron chi connectivity index (χ0n) is 19.3. The molecule has 1 saturated heterocycles. The molecule has 34 heavy (non-hydrogen) atoms. The first kappa shape index (κ1) is 20.8. The summed E-state index contributed by atoms with van der Waals surface area (Å²) in [5, 5.41) is 26.4. The summed E-state index contributed by atoms with van der Waals surface area (Å²) in [5.74, 6) is 2.17. The van der Waals surface area contributed by atoms with Crippen LogP contribution >= 0.6 is 0 Å². The summed E-state index contributed by atoms with van der Waals surface area (Å²) >= 11 is 0. The van der Waals surface area contributed by atoms with Gasteiger partial charge in [0.2, 0.25) is 5.91 Å². The van der Waals surface area contributed by atoms with Crippen molar-refractivity contribution >= 4 is 5.91 Å². The lowest BCUT2D eigenvalue weighted by molar-refractivity contribution is -0.192. The van der Waals surface area contributed by atoms with Crippen molar-refractivity contribution in [3.05, 3.63) is 47.4 Å². The second-order valence-corrected chi connectivity index (χ2v) is 11.1. The van der Waals surface area contributed by atoms with Gasteiger partial charge in [0.25, 0.3) is 0 Å². The quantitative estimate of drug-likeness (QED) is 0.609. The average Bonchev–Trinajstić information content (AvgIpc) is 3.33. The maximum Gasteiger partial charge on any atom is 0.220 e. The lowest BCUT2D eigenvalue weighted by Crippen LogP contribution is -2.78. The number of benzene rings is 1. The topological polar surface area (TPSA) is 95.2 Å². The van der Waals surface area contributed by atoms with Crippen LogP contribution in [0, 0.1) is 5.92 Å². The summed E-state index contributed by atoms with van der Waals surface area (Å²) in [6, 6.07) is 7.29. The molecular formula is C27H32N2O5. The maximum absolute atomic E-state index is 12.9. The largest absolute Gasteiger partial charge is 0.504 e. The van der Waals surface area contributed by atoms with E-state index in [1.165, 1.54) is 18.4 Å². The number of aliphatic hydroxyl groups is 1. The van der Waals surface area contributed by atoms with E-state index >= 15 is 0 Å². The number of likely N-dealkylation sites (tertiary alicyclic amines) is 1. The van der Waals surface area contributed by atoms with Gasteiger partial charge >= 0.3 is 0 Å². The third-order valence-corrected chi connectivity index (χ3v) is 9.29. The van der Waals surface area contributed by atoms with E-state index in [2.05, 4.69) is 10.2 Å². The fraction of sp³-hybridized carbons (Fsp3) is 0.593. The normalized spacial score (nSPS) is 35.5. The molecule has 7 heteroatoms. The summed E-state index contributed by atoms with van der Waals surface area (Å²) in [6.07, 6.45) is 7.56. The Hall–Kier alpha value is -2.51. The number of ether oxygens (including phenoxy) is 1. The summed E-state index contributed by atoms with van der Waals surface area (Å²) in [4.78, 5) is 15.4. The van der Waals surface area contributed by atoms with Crippen LogP contribution in [0.15, 0.2) is 34.9 Å². The number of hydrogen-bond acceptors (Lipinski definition) is 6. The molecule has 0 unspecified atom stereocenters. The molecule has 2 saturated carbocycles. The van der Waals surface area contributed by atoms with Gasteiger partial charge in [-0.15, -0.1) is 0 Å². The highest BCUT2D eigenvalue weighted by Crippen LogP contribution is 2.65. The molecule has 3 aliphatic carbocycles. The molecule has 1 spiro atoms. The molecule has 5 atom stereocenters. The number of carbonyl (C=O) groups is 1. The van der Waals surface area contributed by atoms with E-state index in [9.17, 15) is 15.0 Å². The monoisotopic (exact) mass is 464 g/mol. The number of nitrogens with one attached hydrogen (secondary N) is 1. The van der Waals surface area contributed by atoms with E-state index in [-0.39, 0.29) is 29.8 Å². The third-order valence-electron chi connectivity index (χ3n) is 9.29. The predicted molar refractivity (Wildman–Crippen MR) is 124 cm³/mol. The molecule has 1 aromatic carbocycles. The number of phenolic OH excluding ortho intramolecular Hbond substituents is 1. The highest BCUT2D eigenvalue weighted by molar-refractivity contribution is 5.77. The van der Waals surface area contributed by atoms with E-state index < -0.39 is 11.0 Å². The van der Waals surface area contributed by atoms with Crippen molar-refractivity contribution in [2.24, 2.45) is 5.92 Å². The first-order valence-corrected chi connectivity index (χ1v) is 12.8. The van der Waals surface area contributed by atoms with Gasteiger partial charge in [-0.3, -0.25) is 9.69 Å². The van der Waals surface area contributed by atoms with E-state index in [1.807, 2.05) is 18.2 Å². The Kier molecular flexibility index (Phi) is 4.44. The fourth-order valence-corrected chi connectivity index (χ4v) is 7.60. The summed E-state index contributed by atoms with van der Waals surface area (Å²) in [5.41, 5.74) is 0.648. The molecule has 3 fully saturated rings. The Labute approximate surface area is 199 Å². The van der Waals surface area contributed by atoms with Crippen molar-refractivity contribution in [2.75, 3.05) is 13.1 Å². The maximum atomic E-state index is 12.9. The van der Waals surface area contributed by atoms with Crippen molar-refractivity contribution in [3.63, 3.8) is 0 Å². The number of nitrogens with zero attached hydrogens (tertiary/aromatic N) is 1. The smallest absolute Gasteiger partial charge is 0.220 e. The molecule has 7 nitrogen and oxygen atoms in total. The van der Waals surface area contributed by atoms with Crippen molar-refractivity contribution < 1.29 is 24.2 Å². The summed E-state index contributed by atoms with van der Waals surface area (Å²) < 4.78 is 11.9. The van der Waals surface area contributed by atoms with Crippen LogP contribution in [0.4, 0.5) is 0 Å². The lowest BCUT2D eigenvalue weighted by atomic mass is 9.48.